The Morgan fingerprint density at radius 2 is 1.85 bits per heavy atom. The molecule has 0 radical (unpaired) electrons. The third-order valence-corrected chi connectivity index (χ3v) is 3.30. The Balaban J connectivity index is 2.30. The van der Waals surface area contributed by atoms with Gasteiger partial charge in [-0.3, -0.25) is 4.40 Å². The molecule has 0 unspecified atom stereocenters. The summed E-state index contributed by atoms with van der Waals surface area (Å²) in [6.07, 6.45) is 3.65. The molecule has 0 aliphatic rings. The number of ether oxygens (including phenoxy) is 2. The first kappa shape index (κ1) is 12.7. The van der Waals surface area contributed by atoms with Crippen molar-refractivity contribution in [3.05, 3.63) is 24.3 Å². The summed E-state index contributed by atoms with van der Waals surface area (Å²) in [6, 6.07) is 3.74. The fourth-order valence-electron chi connectivity index (χ4n) is 2.30. The molecule has 0 bridgehead atoms. The van der Waals surface area contributed by atoms with E-state index in [0.29, 0.717) is 11.5 Å². The molecule has 0 fully saturated rings. The van der Waals surface area contributed by atoms with Crippen LogP contribution >= 0.6 is 0 Å². The third kappa shape index (κ3) is 1.84. The molecule has 0 spiro atoms. The normalized spacial score (nSPS) is 11.2. The minimum absolute atomic E-state index is 0.658. The van der Waals surface area contributed by atoms with Crippen molar-refractivity contribution in [3.63, 3.8) is 0 Å². The summed E-state index contributed by atoms with van der Waals surface area (Å²) in [5, 5.41) is 9.41. The van der Waals surface area contributed by atoms with Gasteiger partial charge in [0.1, 0.15) is 12.2 Å². The summed E-state index contributed by atoms with van der Waals surface area (Å²) in [5.41, 5.74) is 1.60. The molecule has 0 atom stereocenters. The highest BCUT2D eigenvalue weighted by molar-refractivity contribution is 5.93. The van der Waals surface area contributed by atoms with E-state index in [1.807, 2.05) is 16.5 Å². The molecule has 0 saturated carbocycles. The van der Waals surface area contributed by atoms with E-state index in [4.69, 9.17) is 9.47 Å². The Morgan fingerprint density at radius 1 is 1.10 bits per heavy atom. The maximum atomic E-state index is 5.34. The van der Waals surface area contributed by atoms with E-state index >= 15 is 0 Å². The van der Waals surface area contributed by atoms with Crippen LogP contribution in [0.4, 0.5) is 0 Å². The average Bonchev–Trinajstić information content (AvgIpc) is 2.89. The van der Waals surface area contributed by atoms with E-state index in [0.717, 1.165) is 35.2 Å². The van der Waals surface area contributed by atoms with Gasteiger partial charge in [-0.25, -0.2) is 4.98 Å². The van der Waals surface area contributed by atoms with Gasteiger partial charge in [0, 0.05) is 17.9 Å². The predicted octanol–water partition coefficient (Wildman–Crippen LogP) is 2.25. The van der Waals surface area contributed by atoms with Gasteiger partial charge >= 0.3 is 0 Å². The highest BCUT2D eigenvalue weighted by Gasteiger charge is 2.13. The maximum Gasteiger partial charge on any atom is 0.171 e. The SMILES string of the molecule is CCCc1nnc2c3cc(OC)c(OC)cc3ncn12. The second-order valence-electron chi connectivity index (χ2n) is 4.53. The van der Waals surface area contributed by atoms with Crippen LogP contribution in [0.2, 0.25) is 0 Å². The number of hydrogen-bond donors (Lipinski definition) is 0. The van der Waals surface area contributed by atoms with E-state index in [1.165, 1.54) is 0 Å². The van der Waals surface area contributed by atoms with Crippen molar-refractivity contribution in [1.82, 2.24) is 19.6 Å². The van der Waals surface area contributed by atoms with E-state index in [1.54, 1.807) is 20.5 Å². The van der Waals surface area contributed by atoms with Gasteiger partial charge < -0.3 is 9.47 Å². The Kier molecular flexibility index (Phi) is 3.14. The fourth-order valence-corrected chi connectivity index (χ4v) is 2.30. The van der Waals surface area contributed by atoms with Gasteiger partial charge in [0.15, 0.2) is 17.1 Å². The van der Waals surface area contributed by atoms with E-state index < -0.39 is 0 Å². The van der Waals surface area contributed by atoms with Crippen molar-refractivity contribution in [2.45, 2.75) is 19.8 Å². The van der Waals surface area contributed by atoms with Crippen molar-refractivity contribution in [3.8, 4) is 11.5 Å². The molecule has 2 heterocycles. The van der Waals surface area contributed by atoms with Gasteiger partial charge in [0.05, 0.1) is 19.7 Å². The second-order valence-corrected chi connectivity index (χ2v) is 4.53. The first-order valence-corrected chi connectivity index (χ1v) is 6.52. The summed E-state index contributed by atoms with van der Waals surface area (Å²) in [7, 11) is 3.22. The van der Waals surface area contributed by atoms with Crippen molar-refractivity contribution in [1.29, 1.82) is 0 Å². The zero-order chi connectivity index (χ0) is 14.1. The molecule has 3 rings (SSSR count). The van der Waals surface area contributed by atoms with Crippen LogP contribution in [-0.4, -0.2) is 33.8 Å². The Morgan fingerprint density at radius 3 is 2.55 bits per heavy atom. The fraction of sp³-hybridized carbons (Fsp3) is 0.357. The van der Waals surface area contributed by atoms with Gasteiger partial charge in [-0.15, -0.1) is 10.2 Å². The van der Waals surface area contributed by atoms with Crippen LogP contribution in [0, 0.1) is 0 Å². The van der Waals surface area contributed by atoms with Crippen LogP contribution < -0.4 is 9.47 Å². The van der Waals surface area contributed by atoms with Gasteiger partial charge in [-0.2, -0.15) is 0 Å². The summed E-state index contributed by atoms with van der Waals surface area (Å²) in [5.74, 6) is 2.24. The molecular weight excluding hydrogens is 256 g/mol. The monoisotopic (exact) mass is 272 g/mol. The number of rotatable bonds is 4. The molecule has 0 saturated heterocycles. The first-order valence-electron chi connectivity index (χ1n) is 6.52. The Labute approximate surface area is 116 Å². The van der Waals surface area contributed by atoms with Crippen LogP contribution in [0.5, 0.6) is 11.5 Å². The molecule has 0 aliphatic carbocycles. The Hall–Kier alpha value is -2.37. The van der Waals surface area contributed by atoms with Gasteiger partial charge in [-0.05, 0) is 12.5 Å². The summed E-state index contributed by atoms with van der Waals surface area (Å²) in [4.78, 5) is 4.46. The molecule has 0 N–H and O–H groups in total. The molecule has 20 heavy (non-hydrogen) atoms. The maximum absolute atomic E-state index is 5.34. The number of hydrogen-bond acceptors (Lipinski definition) is 5. The van der Waals surface area contributed by atoms with Crippen LogP contribution in [0.15, 0.2) is 18.5 Å². The van der Waals surface area contributed by atoms with Crippen LogP contribution in [0.25, 0.3) is 16.6 Å². The highest BCUT2D eigenvalue weighted by atomic mass is 16.5. The molecule has 104 valence electrons. The van der Waals surface area contributed by atoms with Crippen molar-refractivity contribution in [2.75, 3.05) is 14.2 Å². The van der Waals surface area contributed by atoms with E-state index in [-0.39, 0.29) is 0 Å². The summed E-state index contributed by atoms with van der Waals surface area (Å²) < 4.78 is 12.6. The predicted molar refractivity (Wildman–Crippen MR) is 75.4 cm³/mol. The smallest absolute Gasteiger partial charge is 0.171 e. The quantitative estimate of drug-likeness (QED) is 0.729. The first-order chi connectivity index (χ1) is 9.78. The van der Waals surface area contributed by atoms with Gasteiger partial charge in [0.2, 0.25) is 0 Å². The molecule has 6 heteroatoms. The lowest BCUT2D eigenvalue weighted by Gasteiger charge is -2.09. The second kappa shape index (κ2) is 4.96. The lowest BCUT2D eigenvalue weighted by atomic mass is 10.2. The number of nitrogens with zero attached hydrogens (tertiary/aromatic N) is 4. The number of fused-ring (bicyclic) bond motifs is 3. The number of benzene rings is 1. The van der Waals surface area contributed by atoms with E-state index in [2.05, 4.69) is 22.1 Å². The molecule has 0 aliphatic heterocycles. The van der Waals surface area contributed by atoms with Crippen LogP contribution in [0.3, 0.4) is 0 Å². The van der Waals surface area contributed by atoms with Gasteiger partial charge in [0.25, 0.3) is 0 Å². The minimum Gasteiger partial charge on any atom is -0.493 e. The lowest BCUT2D eigenvalue weighted by molar-refractivity contribution is 0.356. The highest BCUT2D eigenvalue weighted by Crippen LogP contribution is 2.32. The van der Waals surface area contributed by atoms with Crippen LogP contribution in [0.1, 0.15) is 19.2 Å². The number of aromatic nitrogens is 4. The Bertz CT molecular complexity index is 767. The van der Waals surface area contributed by atoms with Crippen molar-refractivity contribution in [2.24, 2.45) is 0 Å². The number of methoxy groups -OCH3 is 2. The van der Waals surface area contributed by atoms with Crippen LogP contribution in [-0.2, 0) is 6.42 Å². The molecule has 0 amide bonds. The number of aryl methyl sites for hydroxylation is 1. The molecule has 1 aromatic carbocycles. The minimum atomic E-state index is 0.658. The standard InChI is InChI=1S/C14H16N4O2/c1-4-5-13-16-17-14-9-6-11(19-2)12(20-3)7-10(9)15-8-18(13)14/h6-8H,4-5H2,1-3H3. The van der Waals surface area contributed by atoms with Crippen molar-refractivity contribution < 1.29 is 9.47 Å². The third-order valence-electron chi connectivity index (χ3n) is 3.30. The lowest BCUT2D eigenvalue weighted by Crippen LogP contribution is -1.97. The van der Waals surface area contributed by atoms with Crippen molar-refractivity contribution >= 4 is 16.6 Å². The summed E-state index contributed by atoms with van der Waals surface area (Å²) >= 11 is 0. The zero-order valence-electron chi connectivity index (χ0n) is 11.8. The molecule has 3 aromatic rings. The zero-order valence-corrected chi connectivity index (χ0v) is 11.8. The average molecular weight is 272 g/mol. The molecule has 2 aromatic heterocycles. The van der Waals surface area contributed by atoms with Gasteiger partial charge in [-0.1, -0.05) is 6.92 Å². The summed E-state index contributed by atoms with van der Waals surface area (Å²) in [6.45, 7) is 2.11. The topological polar surface area (TPSA) is 61.5 Å². The van der Waals surface area contributed by atoms with E-state index in [9.17, 15) is 0 Å². The molecular formula is C14H16N4O2. The largest absolute Gasteiger partial charge is 0.493 e. The molecule has 6 nitrogen and oxygen atoms in total.